The number of carbonyl (C=O) groups is 1. The largest absolute Gasteiger partial charge is 0.268 e. The van der Waals surface area contributed by atoms with Crippen molar-refractivity contribution in [1.29, 1.82) is 5.26 Å². The van der Waals surface area contributed by atoms with E-state index < -0.39 is 5.91 Å². The molecule has 0 saturated heterocycles. The predicted molar refractivity (Wildman–Crippen MR) is 46.8 cm³/mol. The second-order valence-corrected chi connectivity index (χ2v) is 2.56. The van der Waals surface area contributed by atoms with Crippen LogP contribution in [0.3, 0.4) is 0 Å². The van der Waals surface area contributed by atoms with Crippen LogP contribution in [-0.2, 0) is 0 Å². The normalized spacial score (nSPS) is 8.67. The lowest BCUT2D eigenvalue weighted by atomic mass is 10.2. The highest BCUT2D eigenvalue weighted by Crippen LogP contribution is 2.11. The fourth-order valence-electron chi connectivity index (χ4n) is 0.784. The molecule has 0 unspecified atom stereocenters. The first kappa shape index (κ1) is 8.62. The Balaban J connectivity index is 2.97. The smallest absolute Gasteiger partial charge is 0.265 e. The zero-order chi connectivity index (χ0) is 8.97. The lowest BCUT2D eigenvalue weighted by molar-refractivity contribution is 0.0970. The van der Waals surface area contributed by atoms with Crippen LogP contribution in [0.1, 0.15) is 10.4 Å². The van der Waals surface area contributed by atoms with Gasteiger partial charge >= 0.3 is 0 Å². The number of carbonyl (C=O) groups excluding carboxylic acids is 1. The van der Waals surface area contributed by atoms with E-state index in [9.17, 15) is 4.79 Å². The molecule has 0 heterocycles. The maximum absolute atomic E-state index is 11.1. The number of amides is 1. The Morgan fingerprint density at radius 1 is 1.50 bits per heavy atom. The number of hydrogen-bond acceptors (Lipinski definition) is 3. The van der Waals surface area contributed by atoms with Crippen molar-refractivity contribution in [2.24, 2.45) is 0 Å². The maximum atomic E-state index is 11.1. The van der Waals surface area contributed by atoms with Crippen molar-refractivity contribution in [3.05, 3.63) is 29.8 Å². The minimum atomic E-state index is -0.428. The molecular weight excluding hydrogens is 172 g/mol. The number of thiol groups is 1. The Morgan fingerprint density at radius 2 is 2.17 bits per heavy atom. The Hall–Kier alpha value is -1.47. The fraction of sp³-hybridized carbons (Fsp3) is 0. The van der Waals surface area contributed by atoms with E-state index in [1.54, 1.807) is 30.5 Å². The van der Waals surface area contributed by atoms with E-state index in [-0.39, 0.29) is 0 Å². The summed E-state index contributed by atoms with van der Waals surface area (Å²) in [6.45, 7) is 0. The van der Waals surface area contributed by atoms with E-state index >= 15 is 0 Å². The summed E-state index contributed by atoms with van der Waals surface area (Å²) in [5.74, 6) is -0.428. The van der Waals surface area contributed by atoms with Crippen LogP contribution in [0.25, 0.3) is 0 Å². The highest BCUT2D eigenvalue weighted by atomic mass is 32.1. The van der Waals surface area contributed by atoms with Gasteiger partial charge in [-0.1, -0.05) is 12.1 Å². The average molecular weight is 178 g/mol. The van der Waals surface area contributed by atoms with Crippen molar-refractivity contribution in [3.63, 3.8) is 0 Å². The van der Waals surface area contributed by atoms with Gasteiger partial charge < -0.3 is 0 Å². The third-order valence-electron chi connectivity index (χ3n) is 1.32. The molecule has 0 aromatic heterocycles. The molecule has 0 fully saturated rings. The predicted octanol–water partition coefficient (Wildman–Crippen LogP) is 1.19. The molecule has 3 nitrogen and oxygen atoms in total. The van der Waals surface area contributed by atoms with Crippen LogP contribution in [-0.4, -0.2) is 5.91 Å². The van der Waals surface area contributed by atoms with Gasteiger partial charge in [-0.05, 0) is 12.1 Å². The summed E-state index contributed by atoms with van der Waals surface area (Å²) in [5.41, 5.74) is 0.405. The van der Waals surface area contributed by atoms with Gasteiger partial charge in [0.2, 0.25) is 0 Å². The molecule has 0 saturated carbocycles. The summed E-state index contributed by atoms with van der Waals surface area (Å²) >= 11 is 4.06. The van der Waals surface area contributed by atoms with Crippen LogP contribution in [0.15, 0.2) is 29.2 Å². The van der Waals surface area contributed by atoms with E-state index in [2.05, 4.69) is 12.6 Å². The van der Waals surface area contributed by atoms with Gasteiger partial charge in [-0.15, -0.1) is 12.6 Å². The van der Waals surface area contributed by atoms with E-state index in [1.807, 2.05) is 5.32 Å². The van der Waals surface area contributed by atoms with Crippen molar-refractivity contribution < 1.29 is 4.79 Å². The first-order valence-electron chi connectivity index (χ1n) is 3.23. The molecule has 1 aromatic carbocycles. The van der Waals surface area contributed by atoms with Crippen molar-refractivity contribution >= 4 is 18.5 Å². The molecular formula is C8H6N2OS. The lowest BCUT2D eigenvalue weighted by Gasteiger charge is -1.99. The minimum Gasteiger partial charge on any atom is -0.268 e. The van der Waals surface area contributed by atoms with E-state index in [0.717, 1.165) is 0 Å². The van der Waals surface area contributed by atoms with Gasteiger partial charge in [0.25, 0.3) is 5.91 Å². The van der Waals surface area contributed by atoms with Crippen molar-refractivity contribution in [2.75, 3.05) is 0 Å². The summed E-state index contributed by atoms with van der Waals surface area (Å²) in [6.07, 6.45) is 1.56. The molecule has 0 atom stereocenters. The Kier molecular flexibility index (Phi) is 2.72. The van der Waals surface area contributed by atoms with Gasteiger partial charge in [0.15, 0.2) is 6.19 Å². The zero-order valence-electron chi connectivity index (χ0n) is 6.11. The molecule has 0 bridgehead atoms. The number of nitriles is 1. The van der Waals surface area contributed by atoms with Gasteiger partial charge in [0.1, 0.15) is 0 Å². The SMILES string of the molecule is N#CNC(=O)c1ccccc1S. The van der Waals surface area contributed by atoms with Gasteiger partial charge in [0, 0.05) is 4.90 Å². The highest BCUT2D eigenvalue weighted by Gasteiger charge is 2.06. The number of nitrogens with zero attached hydrogens (tertiary/aromatic N) is 1. The number of nitrogens with one attached hydrogen (secondary N) is 1. The summed E-state index contributed by atoms with van der Waals surface area (Å²) in [5, 5.41) is 10.2. The quantitative estimate of drug-likeness (QED) is 0.385. The number of rotatable bonds is 1. The van der Waals surface area contributed by atoms with Crippen LogP contribution in [0.5, 0.6) is 0 Å². The Bertz CT molecular complexity index is 343. The molecule has 1 amide bonds. The molecule has 0 radical (unpaired) electrons. The fourth-order valence-corrected chi connectivity index (χ4v) is 1.05. The molecule has 12 heavy (non-hydrogen) atoms. The maximum Gasteiger partial charge on any atom is 0.265 e. The second kappa shape index (κ2) is 3.79. The Morgan fingerprint density at radius 3 is 2.75 bits per heavy atom. The van der Waals surface area contributed by atoms with Crippen LogP contribution >= 0.6 is 12.6 Å². The molecule has 1 rings (SSSR count). The number of hydrogen-bond donors (Lipinski definition) is 2. The average Bonchev–Trinajstić information content (AvgIpc) is 2.05. The molecule has 1 N–H and O–H groups in total. The van der Waals surface area contributed by atoms with Crippen molar-refractivity contribution in [3.8, 4) is 6.19 Å². The lowest BCUT2D eigenvalue weighted by Crippen LogP contribution is -2.17. The van der Waals surface area contributed by atoms with Crippen molar-refractivity contribution in [1.82, 2.24) is 5.32 Å². The van der Waals surface area contributed by atoms with Gasteiger partial charge in [-0.25, -0.2) is 0 Å². The molecule has 0 aliphatic rings. The third kappa shape index (κ3) is 1.77. The van der Waals surface area contributed by atoms with Crippen LogP contribution < -0.4 is 5.32 Å². The molecule has 4 heteroatoms. The minimum absolute atomic E-state index is 0.405. The monoisotopic (exact) mass is 178 g/mol. The van der Waals surface area contributed by atoms with E-state index in [0.29, 0.717) is 10.5 Å². The third-order valence-corrected chi connectivity index (χ3v) is 1.71. The molecule has 0 aliphatic carbocycles. The molecule has 1 aromatic rings. The van der Waals surface area contributed by atoms with Gasteiger partial charge in [-0.2, -0.15) is 5.26 Å². The van der Waals surface area contributed by atoms with E-state index in [4.69, 9.17) is 5.26 Å². The number of benzene rings is 1. The summed E-state index contributed by atoms with van der Waals surface area (Å²) in [4.78, 5) is 11.6. The van der Waals surface area contributed by atoms with E-state index in [1.165, 1.54) is 0 Å². The van der Waals surface area contributed by atoms with Crippen LogP contribution in [0.4, 0.5) is 0 Å². The summed E-state index contributed by atoms with van der Waals surface area (Å²) in [6, 6.07) is 6.78. The molecule has 0 aliphatic heterocycles. The summed E-state index contributed by atoms with van der Waals surface area (Å²) in [7, 11) is 0. The highest BCUT2D eigenvalue weighted by molar-refractivity contribution is 7.80. The first-order chi connectivity index (χ1) is 5.75. The zero-order valence-corrected chi connectivity index (χ0v) is 7.01. The summed E-state index contributed by atoms with van der Waals surface area (Å²) < 4.78 is 0. The molecule has 0 spiro atoms. The standard InChI is InChI=1S/C8H6N2OS/c9-5-10-8(11)6-3-1-2-4-7(6)12/h1-4,12H,(H,10,11). The molecule has 60 valence electrons. The second-order valence-electron chi connectivity index (χ2n) is 2.08. The van der Waals surface area contributed by atoms with Gasteiger partial charge in [-0.3, -0.25) is 10.1 Å². The topological polar surface area (TPSA) is 52.9 Å². The van der Waals surface area contributed by atoms with Gasteiger partial charge in [0.05, 0.1) is 5.56 Å². The van der Waals surface area contributed by atoms with Crippen molar-refractivity contribution in [2.45, 2.75) is 4.90 Å². The first-order valence-corrected chi connectivity index (χ1v) is 3.68. The van der Waals surface area contributed by atoms with Crippen LogP contribution in [0, 0.1) is 11.5 Å². The Labute approximate surface area is 75.4 Å². The van der Waals surface area contributed by atoms with Crippen LogP contribution in [0.2, 0.25) is 0 Å².